The normalized spacial score (nSPS) is 11.4. The molecule has 0 aliphatic rings. The Labute approximate surface area is 135 Å². The molecule has 5 nitrogen and oxygen atoms in total. The van der Waals surface area contributed by atoms with Gasteiger partial charge in [-0.15, -0.1) is 0 Å². The molecule has 0 aliphatic heterocycles. The molecule has 0 saturated heterocycles. The number of aryl methyl sites for hydroxylation is 1. The number of methoxy groups -OCH3 is 1. The lowest BCUT2D eigenvalue weighted by molar-refractivity contribution is 0.415. The largest absolute Gasteiger partial charge is 0.497 e. The van der Waals surface area contributed by atoms with Crippen LogP contribution >= 0.6 is 0 Å². The van der Waals surface area contributed by atoms with E-state index in [2.05, 4.69) is 5.10 Å². The van der Waals surface area contributed by atoms with Gasteiger partial charge in [-0.3, -0.25) is 0 Å². The van der Waals surface area contributed by atoms with Gasteiger partial charge in [-0.25, -0.2) is 0 Å². The van der Waals surface area contributed by atoms with Gasteiger partial charge in [0.15, 0.2) is 0 Å². The molecule has 0 unspecified atom stereocenters. The van der Waals surface area contributed by atoms with Crippen LogP contribution in [0.15, 0.2) is 65.7 Å². The average molecular weight is 328 g/mol. The maximum atomic E-state index is 12.6. The van der Waals surface area contributed by atoms with Crippen molar-refractivity contribution in [3.05, 3.63) is 66.4 Å². The number of ether oxygens (including phenoxy) is 1. The predicted octanol–water partition coefficient (Wildman–Crippen LogP) is 3.10. The third kappa shape index (κ3) is 2.98. The first-order chi connectivity index (χ1) is 11.0. The van der Waals surface area contributed by atoms with Gasteiger partial charge in [-0.05, 0) is 49.4 Å². The van der Waals surface area contributed by atoms with Crippen molar-refractivity contribution in [3.8, 4) is 17.0 Å². The van der Waals surface area contributed by atoms with E-state index in [4.69, 9.17) is 4.74 Å². The number of hydrogen-bond acceptors (Lipinski definition) is 4. The molecule has 0 amide bonds. The molecule has 0 aliphatic carbocycles. The van der Waals surface area contributed by atoms with Gasteiger partial charge in [0.25, 0.3) is 10.0 Å². The predicted molar refractivity (Wildman–Crippen MR) is 88.0 cm³/mol. The lowest BCUT2D eigenvalue weighted by Crippen LogP contribution is -2.13. The fraction of sp³-hybridized carbons (Fsp3) is 0.118. The van der Waals surface area contributed by atoms with E-state index in [1.165, 1.54) is 6.20 Å². The minimum Gasteiger partial charge on any atom is -0.497 e. The maximum absolute atomic E-state index is 12.6. The van der Waals surface area contributed by atoms with Crippen LogP contribution in [0.2, 0.25) is 0 Å². The molecule has 0 N–H and O–H groups in total. The van der Waals surface area contributed by atoms with Crippen molar-refractivity contribution in [1.82, 2.24) is 9.19 Å². The molecule has 3 aromatic rings. The molecular formula is C17H16N2O3S. The summed E-state index contributed by atoms with van der Waals surface area (Å²) in [4.78, 5) is 0.215. The van der Waals surface area contributed by atoms with Crippen molar-refractivity contribution < 1.29 is 13.2 Å². The Morgan fingerprint density at radius 2 is 1.61 bits per heavy atom. The fourth-order valence-corrected chi connectivity index (χ4v) is 3.29. The van der Waals surface area contributed by atoms with E-state index in [9.17, 15) is 8.42 Å². The van der Waals surface area contributed by atoms with Crippen molar-refractivity contribution in [3.63, 3.8) is 0 Å². The Hall–Kier alpha value is -2.60. The van der Waals surface area contributed by atoms with Crippen LogP contribution in [-0.4, -0.2) is 24.7 Å². The summed E-state index contributed by atoms with van der Waals surface area (Å²) in [5.74, 6) is 0.737. The Balaban J connectivity index is 1.95. The van der Waals surface area contributed by atoms with Crippen molar-refractivity contribution in [1.29, 1.82) is 0 Å². The Kier molecular flexibility index (Phi) is 3.92. The van der Waals surface area contributed by atoms with Crippen LogP contribution in [0.25, 0.3) is 11.3 Å². The highest BCUT2D eigenvalue weighted by molar-refractivity contribution is 7.89. The van der Waals surface area contributed by atoms with Gasteiger partial charge in [0, 0.05) is 11.8 Å². The SMILES string of the molecule is COc1ccc(-c2ccn(S(=O)(=O)c3ccc(C)cc3)n2)cc1. The number of hydrogen-bond donors (Lipinski definition) is 0. The molecule has 0 atom stereocenters. The standard InChI is InChI=1S/C17H16N2O3S/c1-13-3-9-16(10-4-13)23(20,21)19-12-11-17(18-19)14-5-7-15(22-2)8-6-14/h3-12H,1-2H3. The van der Waals surface area contributed by atoms with Gasteiger partial charge in [0.2, 0.25) is 0 Å². The summed E-state index contributed by atoms with van der Waals surface area (Å²) in [5.41, 5.74) is 2.41. The summed E-state index contributed by atoms with van der Waals surface area (Å²) >= 11 is 0. The van der Waals surface area contributed by atoms with Crippen molar-refractivity contribution in [2.45, 2.75) is 11.8 Å². The molecule has 1 heterocycles. The zero-order valence-electron chi connectivity index (χ0n) is 12.8. The second kappa shape index (κ2) is 5.89. The molecule has 0 spiro atoms. The smallest absolute Gasteiger partial charge is 0.282 e. The molecule has 1 aromatic heterocycles. The van der Waals surface area contributed by atoms with E-state index < -0.39 is 10.0 Å². The first-order valence-electron chi connectivity index (χ1n) is 7.03. The minimum absolute atomic E-state index is 0.215. The van der Waals surface area contributed by atoms with Crippen LogP contribution in [0.4, 0.5) is 0 Å². The van der Waals surface area contributed by atoms with Crippen molar-refractivity contribution >= 4 is 10.0 Å². The van der Waals surface area contributed by atoms with Gasteiger partial charge in [-0.2, -0.15) is 17.6 Å². The van der Waals surface area contributed by atoms with Crippen LogP contribution in [0.3, 0.4) is 0 Å². The topological polar surface area (TPSA) is 61.2 Å². The van der Waals surface area contributed by atoms with Gasteiger partial charge in [0.05, 0.1) is 17.7 Å². The Morgan fingerprint density at radius 1 is 0.957 bits per heavy atom. The highest BCUT2D eigenvalue weighted by atomic mass is 32.2. The van der Waals surface area contributed by atoms with Crippen LogP contribution in [-0.2, 0) is 10.0 Å². The van der Waals surface area contributed by atoms with E-state index in [1.807, 2.05) is 31.2 Å². The molecule has 0 radical (unpaired) electrons. The molecule has 0 bridgehead atoms. The highest BCUT2D eigenvalue weighted by Gasteiger charge is 2.18. The van der Waals surface area contributed by atoms with Crippen LogP contribution in [0.1, 0.15) is 5.56 Å². The first-order valence-corrected chi connectivity index (χ1v) is 8.47. The second-order valence-corrected chi connectivity index (χ2v) is 6.92. The minimum atomic E-state index is -3.67. The summed E-state index contributed by atoms with van der Waals surface area (Å²) < 4.78 is 31.2. The molecular weight excluding hydrogens is 312 g/mol. The third-order valence-corrected chi connectivity index (χ3v) is 5.08. The molecule has 0 saturated carbocycles. The number of benzene rings is 2. The van der Waals surface area contributed by atoms with Crippen molar-refractivity contribution in [2.24, 2.45) is 0 Å². The van der Waals surface area contributed by atoms with Gasteiger partial charge < -0.3 is 4.74 Å². The molecule has 0 fully saturated rings. The molecule has 118 valence electrons. The number of aromatic nitrogens is 2. The summed E-state index contributed by atoms with van der Waals surface area (Å²) in [7, 11) is -2.08. The average Bonchev–Trinajstić information content (AvgIpc) is 3.06. The van der Waals surface area contributed by atoms with Crippen LogP contribution in [0.5, 0.6) is 5.75 Å². The molecule has 2 aromatic carbocycles. The Morgan fingerprint density at radius 3 is 2.22 bits per heavy atom. The quantitative estimate of drug-likeness (QED) is 0.738. The second-order valence-electron chi connectivity index (χ2n) is 5.12. The summed E-state index contributed by atoms with van der Waals surface area (Å²) in [6.07, 6.45) is 1.45. The maximum Gasteiger partial charge on any atom is 0.282 e. The van der Waals surface area contributed by atoms with Gasteiger partial charge in [0.1, 0.15) is 5.75 Å². The molecule has 23 heavy (non-hydrogen) atoms. The molecule has 6 heteroatoms. The van der Waals surface area contributed by atoms with E-state index in [1.54, 1.807) is 37.4 Å². The lowest BCUT2D eigenvalue weighted by Gasteiger charge is -2.05. The van der Waals surface area contributed by atoms with E-state index >= 15 is 0 Å². The van der Waals surface area contributed by atoms with Crippen LogP contribution in [0, 0.1) is 6.92 Å². The van der Waals surface area contributed by atoms with Gasteiger partial charge >= 0.3 is 0 Å². The third-order valence-electron chi connectivity index (χ3n) is 3.52. The summed E-state index contributed by atoms with van der Waals surface area (Å²) in [6.45, 7) is 1.91. The van der Waals surface area contributed by atoms with E-state index in [-0.39, 0.29) is 4.90 Å². The highest BCUT2D eigenvalue weighted by Crippen LogP contribution is 2.22. The molecule has 3 rings (SSSR count). The van der Waals surface area contributed by atoms with Crippen LogP contribution < -0.4 is 4.74 Å². The summed E-state index contributed by atoms with van der Waals surface area (Å²) in [6, 6.07) is 15.7. The fourth-order valence-electron chi connectivity index (χ4n) is 2.18. The van der Waals surface area contributed by atoms with Gasteiger partial charge in [-0.1, -0.05) is 17.7 Å². The lowest BCUT2D eigenvalue weighted by atomic mass is 10.1. The monoisotopic (exact) mass is 328 g/mol. The first kappa shape index (κ1) is 15.3. The zero-order valence-corrected chi connectivity index (χ0v) is 13.6. The Bertz CT molecular complexity index is 911. The number of nitrogens with zero attached hydrogens (tertiary/aromatic N) is 2. The van der Waals surface area contributed by atoms with Crippen molar-refractivity contribution in [2.75, 3.05) is 7.11 Å². The number of rotatable bonds is 4. The summed E-state index contributed by atoms with van der Waals surface area (Å²) in [5, 5.41) is 4.19. The van der Waals surface area contributed by atoms with E-state index in [0.29, 0.717) is 5.69 Å². The zero-order chi connectivity index (χ0) is 16.4. The van der Waals surface area contributed by atoms with E-state index in [0.717, 1.165) is 21.0 Å².